The van der Waals surface area contributed by atoms with Crippen LogP contribution in [0.1, 0.15) is 25.3 Å². The largest absolute Gasteiger partial charge is 0.484 e. The summed E-state index contributed by atoms with van der Waals surface area (Å²) in [7, 11) is 0. The Morgan fingerprint density at radius 2 is 1.82 bits per heavy atom. The van der Waals surface area contributed by atoms with Gasteiger partial charge in [-0.25, -0.2) is 0 Å². The van der Waals surface area contributed by atoms with Crippen molar-refractivity contribution in [1.82, 2.24) is 0 Å². The number of carbonyl (C=O) groups excluding carboxylic acids is 1. The van der Waals surface area contributed by atoms with E-state index in [1.165, 1.54) is 5.56 Å². The maximum atomic E-state index is 12.0. The zero-order valence-electron chi connectivity index (χ0n) is 13.1. The van der Waals surface area contributed by atoms with Crippen molar-refractivity contribution < 1.29 is 9.53 Å². The molecule has 2 aromatic rings. The molecule has 0 spiro atoms. The molecule has 1 amide bonds. The van der Waals surface area contributed by atoms with Gasteiger partial charge < -0.3 is 10.1 Å². The highest BCUT2D eigenvalue weighted by molar-refractivity contribution is 7.98. The molecule has 1 N–H and O–H groups in total. The van der Waals surface area contributed by atoms with E-state index >= 15 is 0 Å². The average Bonchev–Trinajstić information content (AvgIpc) is 2.54. The van der Waals surface area contributed by atoms with Crippen molar-refractivity contribution in [1.29, 1.82) is 0 Å². The molecule has 3 nitrogen and oxygen atoms in total. The van der Waals surface area contributed by atoms with E-state index in [-0.39, 0.29) is 12.5 Å². The van der Waals surface area contributed by atoms with Gasteiger partial charge in [-0.3, -0.25) is 4.79 Å². The number of thioether (sulfide) groups is 1. The second-order valence-corrected chi connectivity index (χ2v) is 6.11. The van der Waals surface area contributed by atoms with Crippen LogP contribution in [0.2, 0.25) is 0 Å². The normalized spacial score (nSPS) is 10.5. The van der Waals surface area contributed by atoms with E-state index < -0.39 is 0 Å². The highest BCUT2D eigenvalue weighted by Gasteiger charge is 2.07. The molecule has 0 aromatic heterocycles. The minimum atomic E-state index is -0.158. The maximum absolute atomic E-state index is 12.0. The number of anilines is 1. The molecule has 4 heteroatoms. The summed E-state index contributed by atoms with van der Waals surface area (Å²) in [5.41, 5.74) is 2.07. The van der Waals surface area contributed by atoms with Gasteiger partial charge in [-0.1, -0.05) is 38.1 Å². The third kappa shape index (κ3) is 4.53. The van der Waals surface area contributed by atoms with Crippen LogP contribution in [-0.4, -0.2) is 18.8 Å². The number of benzene rings is 2. The predicted octanol–water partition coefficient (Wildman–Crippen LogP) is 4.55. The van der Waals surface area contributed by atoms with Gasteiger partial charge in [-0.2, -0.15) is 0 Å². The Morgan fingerprint density at radius 3 is 2.45 bits per heavy atom. The summed E-state index contributed by atoms with van der Waals surface area (Å²) in [5.74, 6) is 1.03. The number of para-hydroxylation sites is 1. The highest BCUT2D eigenvalue weighted by Crippen LogP contribution is 2.24. The van der Waals surface area contributed by atoms with E-state index in [4.69, 9.17) is 4.74 Å². The number of hydrogen-bond acceptors (Lipinski definition) is 3. The molecule has 116 valence electrons. The summed E-state index contributed by atoms with van der Waals surface area (Å²) in [6, 6.07) is 15.6. The molecule has 0 saturated heterocycles. The van der Waals surface area contributed by atoms with Gasteiger partial charge in [0.05, 0.1) is 5.69 Å². The van der Waals surface area contributed by atoms with Gasteiger partial charge in [-0.15, -0.1) is 11.8 Å². The van der Waals surface area contributed by atoms with Crippen molar-refractivity contribution in [2.24, 2.45) is 0 Å². The Kier molecular flexibility index (Phi) is 5.90. The first-order valence-corrected chi connectivity index (χ1v) is 8.48. The lowest BCUT2D eigenvalue weighted by molar-refractivity contribution is -0.118. The van der Waals surface area contributed by atoms with Crippen molar-refractivity contribution in [3.05, 3.63) is 54.1 Å². The van der Waals surface area contributed by atoms with Crippen molar-refractivity contribution >= 4 is 23.4 Å². The van der Waals surface area contributed by atoms with Crippen LogP contribution in [0.5, 0.6) is 5.75 Å². The maximum Gasteiger partial charge on any atom is 0.262 e. The lowest BCUT2D eigenvalue weighted by atomic mass is 10.0. The molecule has 0 radical (unpaired) electrons. The monoisotopic (exact) mass is 315 g/mol. The smallest absolute Gasteiger partial charge is 0.262 e. The van der Waals surface area contributed by atoms with Gasteiger partial charge in [0.15, 0.2) is 6.61 Å². The first kappa shape index (κ1) is 16.4. The van der Waals surface area contributed by atoms with Crippen molar-refractivity contribution in [2.75, 3.05) is 18.2 Å². The van der Waals surface area contributed by atoms with Gasteiger partial charge in [0.2, 0.25) is 0 Å². The number of hydrogen-bond donors (Lipinski definition) is 1. The number of carbonyl (C=O) groups is 1. The molecule has 0 atom stereocenters. The average molecular weight is 315 g/mol. The van der Waals surface area contributed by atoms with E-state index in [0.717, 1.165) is 10.6 Å². The quantitative estimate of drug-likeness (QED) is 0.795. The van der Waals surface area contributed by atoms with Gasteiger partial charge in [0.1, 0.15) is 5.75 Å². The summed E-state index contributed by atoms with van der Waals surface area (Å²) < 4.78 is 5.53. The number of nitrogens with one attached hydrogen (secondary N) is 1. The Hall–Kier alpha value is -1.94. The molecule has 0 aliphatic rings. The third-order valence-corrected chi connectivity index (χ3v) is 4.09. The van der Waals surface area contributed by atoms with Crippen LogP contribution in [-0.2, 0) is 4.79 Å². The lowest BCUT2D eigenvalue weighted by Gasteiger charge is -2.11. The molecule has 0 unspecified atom stereocenters. The van der Waals surface area contributed by atoms with Gasteiger partial charge >= 0.3 is 0 Å². The van der Waals surface area contributed by atoms with Crippen LogP contribution < -0.4 is 10.1 Å². The molecule has 0 aliphatic carbocycles. The molecule has 22 heavy (non-hydrogen) atoms. The lowest BCUT2D eigenvalue weighted by Crippen LogP contribution is -2.20. The molecule has 0 heterocycles. The second-order valence-electron chi connectivity index (χ2n) is 5.26. The Labute approximate surface area is 136 Å². The molecule has 2 rings (SSSR count). The van der Waals surface area contributed by atoms with Crippen LogP contribution in [0.25, 0.3) is 0 Å². The Morgan fingerprint density at radius 1 is 1.14 bits per heavy atom. The van der Waals surface area contributed by atoms with E-state index in [9.17, 15) is 4.79 Å². The molecule has 2 aromatic carbocycles. The topological polar surface area (TPSA) is 38.3 Å². The molecule has 0 saturated carbocycles. The minimum absolute atomic E-state index is 0.00371. The zero-order valence-corrected chi connectivity index (χ0v) is 13.9. The first-order chi connectivity index (χ1) is 10.6. The van der Waals surface area contributed by atoms with Crippen molar-refractivity contribution in [3.63, 3.8) is 0 Å². The third-order valence-electron chi connectivity index (χ3n) is 3.30. The van der Waals surface area contributed by atoms with E-state index in [1.807, 2.05) is 54.8 Å². The standard InChI is InChI=1S/C18H21NO2S/c1-13(2)14-8-10-15(11-9-14)21-12-18(20)19-16-6-4-5-7-17(16)22-3/h4-11,13H,12H2,1-3H3,(H,19,20). The van der Waals surface area contributed by atoms with E-state index in [2.05, 4.69) is 19.2 Å². The second kappa shape index (κ2) is 7.90. The van der Waals surface area contributed by atoms with Crippen LogP contribution in [0.4, 0.5) is 5.69 Å². The minimum Gasteiger partial charge on any atom is -0.484 e. The first-order valence-electron chi connectivity index (χ1n) is 7.25. The Bertz CT molecular complexity index is 623. The summed E-state index contributed by atoms with van der Waals surface area (Å²) in [4.78, 5) is 13.0. The van der Waals surface area contributed by atoms with Gasteiger partial charge in [0.25, 0.3) is 5.91 Å². The molecular weight excluding hydrogens is 294 g/mol. The van der Waals surface area contributed by atoms with Gasteiger partial charge in [0, 0.05) is 4.90 Å². The SMILES string of the molecule is CSc1ccccc1NC(=O)COc1ccc(C(C)C)cc1. The van der Waals surface area contributed by atoms with E-state index in [1.54, 1.807) is 11.8 Å². The van der Waals surface area contributed by atoms with Gasteiger partial charge in [-0.05, 0) is 42.0 Å². The fourth-order valence-electron chi connectivity index (χ4n) is 2.03. The van der Waals surface area contributed by atoms with Crippen LogP contribution in [0.3, 0.4) is 0 Å². The number of amides is 1. The summed E-state index contributed by atoms with van der Waals surface area (Å²) in [5, 5.41) is 2.88. The highest BCUT2D eigenvalue weighted by atomic mass is 32.2. The van der Waals surface area contributed by atoms with Crippen LogP contribution >= 0.6 is 11.8 Å². The summed E-state index contributed by atoms with van der Waals surface area (Å²) in [6.45, 7) is 4.29. The summed E-state index contributed by atoms with van der Waals surface area (Å²) in [6.07, 6.45) is 1.98. The van der Waals surface area contributed by atoms with E-state index in [0.29, 0.717) is 11.7 Å². The summed E-state index contributed by atoms with van der Waals surface area (Å²) >= 11 is 1.60. The van der Waals surface area contributed by atoms with Crippen LogP contribution in [0.15, 0.2) is 53.4 Å². The zero-order chi connectivity index (χ0) is 15.9. The molecular formula is C18H21NO2S. The fourth-order valence-corrected chi connectivity index (χ4v) is 2.59. The fraction of sp³-hybridized carbons (Fsp3) is 0.278. The van der Waals surface area contributed by atoms with Crippen molar-refractivity contribution in [3.8, 4) is 5.75 Å². The molecule has 0 aliphatic heterocycles. The molecule has 0 fully saturated rings. The molecule has 0 bridgehead atoms. The van der Waals surface area contributed by atoms with Crippen molar-refractivity contribution in [2.45, 2.75) is 24.7 Å². The Balaban J connectivity index is 1.90. The number of rotatable bonds is 6. The predicted molar refractivity (Wildman–Crippen MR) is 92.9 cm³/mol. The van der Waals surface area contributed by atoms with Crippen LogP contribution in [0, 0.1) is 0 Å². The number of ether oxygens (including phenoxy) is 1.